The van der Waals surface area contributed by atoms with Crippen molar-refractivity contribution in [1.29, 1.82) is 0 Å². The molecule has 1 aliphatic carbocycles. The van der Waals surface area contributed by atoms with Crippen LogP contribution in [-0.4, -0.2) is 28.6 Å². The third kappa shape index (κ3) is 3.16. The van der Waals surface area contributed by atoms with Crippen molar-refractivity contribution in [3.63, 3.8) is 0 Å². The van der Waals surface area contributed by atoms with E-state index in [9.17, 15) is 20.0 Å². The Bertz CT molecular complexity index is 535. The third-order valence-electron chi connectivity index (χ3n) is 3.56. The average molecular weight is 343 g/mol. The van der Waals surface area contributed by atoms with Crippen LogP contribution in [-0.2, 0) is 0 Å². The van der Waals surface area contributed by atoms with Gasteiger partial charge in [-0.05, 0) is 34.8 Å². The predicted molar refractivity (Wildman–Crippen MR) is 76.5 cm³/mol. The van der Waals surface area contributed by atoms with Crippen molar-refractivity contribution >= 4 is 27.5 Å². The molecule has 1 aromatic rings. The lowest BCUT2D eigenvalue weighted by atomic mass is 10.1. The van der Waals surface area contributed by atoms with E-state index >= 15 is 0 Å². The predicted octanol–water partition coefficient (Wildman–Crippen LogP) is 2.25. The quantitative estimate of drug-likeness (QED) is 0.648. The smallest absolute Gasteiger partial charge is 0.284 e. The van der Waals surface area contributed by atoms with Crippen LogP contribution in [0, 0.1) is 16.0 Å². The number of aliphatic hydroxyl groups is 1. The van der Waals surface area contributed by atoms with E-state index in [1.807, 2.05) is 0 Å². The molecule has 0 aromatic heterocycles. The van der Waals surface area contributed by atoms with E-state index in [4.69, 9.17) is 0 Å². The monoisotopic (exact) mass is 342 g/mol. The molecule has 2 atom stereocenters. The molecule has 108 valence electrons. The largest absolute Gasteiger partial charge is 0.393 e. The minimum absolute atomic E-state index is 0.0661. The number of carbonyl (C=O) groups is 1. The van der Waals surface area contributed by atoms with Gasteiger partial charge >= 0.3 is 0 Å². The van der Waals surface area contributed by atoms with Crippen molar-refractivity contribution in [3.8, 4) is 0 Å². The second-order valence-corrected chi connectivity index (χ2v) is 5.66. The highest BCUT2D eigenvalue weighted by atomic mass is 79.9. The minimum atomic E-state index is -0.540. The van der Waals surface area contributed by atoms with Gasteiger partial charge in [-0.2, -0.15) is 0 Å². The summed E-state index contributed by atoms with van der Waals surface area (Å²) in [6, 6.07) is 4.33. The Hall–Kier alpha value is -1.47. The summed E-state index contributed by atoms with van der Waals surface area (Å²) < 4.78 is 0.175. The van der Waals surface area contributed by atoms with E-state index in [-0.39, 0.29) is 33.7 Å². The lowest BCUT2D eigenvalue weighted by molar-refractivity contribution is -0.385. The Morgan fingerprint density at radius 3 is 2.85 bits per heavy atom. The number of hydrogen-bond donors (Lipinski definition) is 2. The van der Waals surface area contributed by atoms with Gasteiger partial charge in [-0.15, -0.1) is 0 Å². The highest BCUT2D eigenvalue weighted by Crippen LogP contribution is 2.28. The van der Waals surface area contributed by atoms with Gasteiger partial charge in [0, 0.05) is 18.5 Å². The Kier molecular flexibility index (Phi) is 4.72. The fourth-order valence-corrected chi connectivity index (χ4v) is 3.00. The lowest BCUT2D eigenvalue weighted by Crippen LogP contribution is -2.32. The summed E-state index contributed by atoms with van der Waals surface area (Å²) in [6.07, 6.45) is 2.24. The van der Waals surface area contributed by atoms with Crippen LogP contribution in [0.25, 0.3) is 0 Å². The minimum Gasteiger partial charge on any atom is -0.393 e. The van der Waals surface area contributed by atoms with Crippen LogP contribution >= 0.6 is 15.9 Å². The second kappa shape index (κ2) is 6.32. The number of benzene rings is 1. The van der Waals surface area contributed by atoms with Gasteiger partial charge in [0.05, 0.1) is 16.6 Å². The Labute approximate surface area is 124 Å². The first-order chi connectivity index (χ1) is 9.50. The number of carbonyl (C=O) groups excluding carboxylic acids is 1. The zero-order chi connectivity index (χ0) is 14.7. The van der Waals surface area contributed by atoms with Crippen LogP contribution < -0.4 is 5.32 Å². The number of rotatable bonds is 4. The number of amides is 1. The summed E-state index contributed by atoms with van der Waals surface area (Å²) in [5, 5.41) is 23.2. The Morgan fingerprint density at radius 1 is 1.50 bits per heavy atom. The maximum absolute atomic E-state index is 12.1. The molecule has 1 saturated carbocycles. The maximum Gasteiger partial charge on any atom is 0.284 e. The van der Waals surface area contributed by atoms with E-state index in [1.54, 1.807) is 0 Å². The molecule has 0 saturated heterocycles. The number of hydrogen-bond acceptors (Lipinski definition) is 4. The van der Waals surface area contributed by atoms with Crippen molar-refractivity contribution in [3.05, 3.63) is 38.3 Å². The molecule has 2 unspecified atom stereocenters. The van der Waals surface area contributed by atoms with Crippen molar-refractivity contribution < 1.29 is 14.8 Å². The summed E-state index contributed by atoms with van der Waals surface area (Å²) in [5.74, 6) is -0.309. The van der Waals surface area contributed by atoms with Crippen LogP contribution in [0.1, 0.15) is 29.6 Å². The maximum atomic E-state index is 12.1. The SMILES string of the molecule is O=C(NCC1CCCC1O)c1cccc([N+](=O)[O-])c1Br. The van der Waals surface area contributed by atoms with Crippen LogP contribution in [0.4, 0.5) is 5.69 Å². The topological polar surface area (TPSA) is 92.5 Å². The van der Waals surface area contributed by atoms with E-state index < -0.39 is 4.92 Å². The summed E-state index contributed by atoms with van der Waals surface area (Å²) in [4.78, 5) is 22.3. The molecule has 2 rings (SSSR count). The zero-order valence-electron chi connectivity index (χ0n) is 10.7. The van der Waals surface area contributed by atoms with Gasteiger partial charge < -0.3 is 10.4 Å². The fourth-order valence-electron chi connectivity index (χ4n) is 2.41. The molecule has 1 fully saturated rings. The van der Waals surface area contributed by atoms with Gasteiger partial charge in [-0.3, -0.25) is 14.9 Å². The van der Waals surface area contributed by atoms with Gasteiger partial charge in [0.2, 0.25) is 0 Å². The fraction of sp³-hybridized carbons (Fsp3) is 0.462. The standard InChI is InChI=1S/C13H15BrN2O4/c14-12-9(4-2-5-10(12)16(19)20)13(18)15-7-8-3-1-6-11(8)17/h2,4-5,8,11,17H,1,3,6-7H2,(H,15,18). The van der Waals surface area contributed by atoms with Gasteiger partial charge in [0.15, 0.2) is 0 Å². The van der Waals surface area contributed by atoms with E-state index in [0.717, 1.165) is 19.3 Å². The van der Waals surface area contributed by atoms with Crippen LogP contribution in [0.3, 0.4) is 0 Å². The van der Waals surface area contributed by atoms with Crippen molar-refractivity contribution in [2.45, 2.75) is 25.4 Å². The summed E-state index contributed by atoms with van der Waals surface area (Å²) in [6.45, 7) is 0.384. The number of nitrogens with one attached hydrogen (secondary N) is 1. The van der Waals surface area contributed by atoms with Crippen LogP contribution in [0.15, 0.2) is 22.7 Å². The molecular formula is C13H15BrN2O4. The molecule has 20 heavy (non-hydrogen) atoms. The Morgan fingerprint density at radius 2 is 2.25 bits per heavy atom. The molecule has 1 aromatic carbocycles. The number of nitrogens with zero attached hydrogens (tertiary/aromatic N) is 1. The molecular weight excluding hydrogens is 328 g/mol. The molecule has 7 heteroatoms. The molecule has 0 bridgehead atoms. The molecule has 0 heterocycles. The van der Waals surface area contributed by atoms with Crippen LogP contribution in [0.5, 0.6) is 0 Å². The van der Waals surface area contributed by atoms with E-state index in [2.05, 4.69) is 21.2 Å². The van der Waals surface area contributed by atoms with Gasteiger partial charge in [0.25, 0.3) is 11.6 Å². The van der Waals surface area contributed by atoms with Gasteiger partial charge in [-0.25, -0.2) is 0 Å². The van der Waals surface area contributed by atoms with Crippen molar-refractivity contribution in [2.75, 3.05) is 6.54 Å². The van der Waals surface area contributed by atoms with Crippen molar-refractivity contribution in [2.24, 2.45) is 5.92 Å². The first-order valence-electron chi connectivity index (χ1n) is 6.40. The zero-order valence-corrected chi connectivity index (χ0v) is 12.3. The highest BCUT2D eigenvalue weighted by molar-refractivity contribution is 9.10. The number of nitro benzene ring substituents is 1. The molecule has 0 spiro atoms. The number of aliphatic hydroxyl groups excluding tert-OH is 1. The molecule has 1 amide bonds. The molecule has 0 aliphatic heterocycles. The van der Waals surface area contributed by atoms with E-state index in [0.29, 0.717) is 6.54 Å². The third-order valence-corrected chi connectivity index (χ3v) is 4.40. The van der Waals surface area contributed by atoms with Crippen molar-refractivity contribution in [1.82, 2.24) is 5.32 Å². The average Bonchev–Trinajstić information content (AvgIpc) is 2.81. The van der Waals surface area contributed by atoms with Crippen LogP contribution in [0.2, 0.25) is 0 Å². The lowest BCUT2D eigenvalue weighted by Gasteiger charge is -2.15. The molecule has 0 radical (unpaired) electrons. The highest BCUT2D eigenvalue weighted by Gasteiger charge is 2.26. The first-order valence-corrected chi connectivity index (χ1v) is 7.19. The summed E-state index contributed by atoms with van der Waals surface area (Å²) in [5.41, 5.74) is 0.0882. The first kappa shape index (κ1) is 14.9. The number of halogens is 1. The second-order valence-electron chi connectivity index (χ2n) is 4.86. The molecule has 2 N–H and O–H groups in total. The number of nitro groups is 1. The molecule has 6 nitrogen and oxygen atoms in total. The van der Waals surface area contributed by atoms with Gasteiger partial charge in [-0.1, -0.05) is 12.5 Å². The molecule has 1 aliphatic rings. The Balaban J connectivity index is 2.06. The van der Waals surface area contributed by atoms with E-state index in [1.165, 1.54) is 18.2 Å². The van der Waals surface area contributed by atoms with Gasteiger partial charge in [0.1, 0.15) is 4.47 Å². The summed E-state index contributed by atoms with van der Waals surface area (Å²) >= 11 is 3.10. The normalized spacial score (nSPS) is 21.7. The summed E-state index contributed by atoms with van der Waals surface area (Å²) in [7, 11) is 0.